The number of hydrogen-bond donors (Lipinski definition) is 1. The molecule has 2 aromatic carbocycles. The number of carbonyl (C=O) groups is 1. The minimum atomic E-state index is -0.600. The molecule has 0 unspecified atom stereocenters. The summed E-state index contributed by atoms with van der Waals surface area (Å²) >= 11 is 11.9. The van der Waals surface area contributed by atoms with Crippen LogP contribution in [0.5, 0.6) is 5.75 Å². The Hall–Kier alpha value is -2.99. The molecule has 0 aliphatic heterocycles. The van der Waals surface area contributed by atoms with Gasteiger partial charge in [-0.1, -0.05) is 41.4 Å². The first-order valence-corrected chi connectivity index (χ1v) is 7.77. The maximum Gasteiger partial charge on any atom is 0.266 e. The van der Waals surface area contributed by atoms with E-state index < -0.39 is 5.91 Å². The van der Waals surface area contributed by atoms with Gasteiger partial charge < -0.3 is 10.1 Å². The van der Waals surface area contributed by atoms with Gasteiger partial charge >= 0.3 is 0 Å². The molecule has 7 heteroatoms. The first-order valence-electron chi connectivity index (χ1n) is 7.02. The van der Waals surface area contributed by atoms with Crippen molar-refractivity contribution >= 4 is 40.9 Å². The molecule has 0 fully saturated rings. The molecule has 0 saturated heterocycles. The molecule has 25 heavy (non-hydrogen) atoms. The fourth-order valence-corrected chi connectivity index (χ4v) is 2.23. The van der Waals surface area contributed by atoms with Gasteiger partial charge in [0.25, 0.3) is 5.91 Å². The summed E-state index contributed by atoms with van der Waals surface area (Å²) < 4.78 is 5.14. The molecule has 0 spiro atoms. The molecule has 5 nitrogen and oxygen atoms in total. The van der Waals surface area contributed by atoms with Crippen molar-refractivity contribution in [3.8, 4) is 17.9 Å². The average molecular weight is 372 g/mol. The Morgan fingerprint density at radius 2 is 1.88 bits per heavy atom. The molecule has 1 N–H and O–H groups in total. The number of carbonyl (C=O) groups excluding carboxylic acids is 1. The molecule has 124 valence electrons. The van der Waals surface area contributed by atoms with Crippen LogP contribution in [0.4, 0.5) is 5.69 Å². The van der Waals surface area contributed by atoms with Gasteiger partial charge in [0.15, 0.2) is 6.61 Å². The van der Waals surface area contributed by atoms with Crippen molar-refractivity contribution in [3.63, 3.8) is 0 Å². The van der Waals surface area contributed by atoms with E-state index in [1.165, 1.54) is 6.08 Å². The summed E-state index contributed by atoms with van der Waals surface area (Å²) in [6.07, 6.45) is 1.43. The van der Waals surface area contributed by atoms with Gasteiger partial charge in [0.1, 0.15) is 23.5 Å². The lowest BCUT2D eigenvalue weighted by atomic mass is 10.1. The minimum Gasteiger partial charge on any atom is -0.479 e. The highest BCUT2D eigenvalue weighted by Crippen LogP contribution is 2.29. The Bertz CT molecular complexity index is 894. The maximum absolute atomic E-state index is 12.3. The SMILES string of the molecule is N#CCOc1ccc(/C=C(\C#N)C(=O)Nc2cccc(Cl)c2Cl)cc1. The normalized spacial score (nSPS) is 10.5. The Morgan fingerprint density at radius 1 is 1.16 bits per heavy atom. The van der Waals surface area contributed by atoms with Crippen LogP contribution < -0.4 is 10.1 Å². The van der Waals surface area contributed by atoms with Crippen molar-refractivity contribution in [2.75, 3.05) is 11.9 Å². The molecule has 0 aliphatic carbocycles. The van der Waals surface area contributed by atoms with Crippen LogP contribution in [-0.2, 0) is 4.79 Å². The van der Waals surface area contributed by atoms with Crippen LogP contribution >= 0.6 is 23.2 Å². The number of rotatable bonds is 5. The van der Waals surface area contributed by atoms with Gasteiger partial charge in [-0.05, 0) is 35.9 Å². The lowest BCUT2D eigenvalue weighted by Gasteiger charge is -2.07. The van der Waals surface area contributed by atoms with E-state index in [-0.39, 0.29) is 17.2 Å². The molecule has 0 bridgehead atoms. The summed E-state index contributed by atoms with van der Waals surface area (Å²) in [5.41, 5.74) is 0.857. The van der Waals surface area contributed by atoms with Crippen LogP contribution in [-0.4, -0.2) is 12.5 Å². The highest BCUT2D eigenvalue weighted by molar-refractivity contribution is 6.44. The zero-order chi connectivity index (χ0) is 18.2. The molecule has 0 aliphatic rings. The number of anilines is 1. The van der Waals surface area contributed by atoms with Crippen molar-refractivity contribution in [1.29, 1.82) is 10.5 Å². The molecule has 0 radical (unpaired) electrons. The van der Waals surface area contributed by atoms with Crippen LogP contribution in [0.1, 0.15) is 5.56 Å². The smallest absolute Gasteiger partial charge is 0.266 e. The average Bonchev–Trinajstić information content (AvgIpc) is 2.62. The van der Waals surface area contributed by atoms with Crippen LogP contribution in [0.3, 0.4) is 0 Å². The molecular formula is C18H11Cl2N3O2. The van der Waals surface area contributed by atoms with Gasteiger partial charge in [-0.2, -0.15) is 10.5 Å². The van der Waals surface area contributed by atoms with Gasteiger partial charge in [0.05, 0.1) is 15.7 Å². The van der Waals surface area contributed by atoms with E-state index in [2.05, 4.69) is 5.32 Å². The third-order valence-electron chi connectivity index (χ3n) is 3.06. The molecule has 2 aromatic rings. The summed E-state index contributed by atoms with van der Waals surface area (Å²) in [5, 5.41) is 20.8. The molecule has 0 heterocycles. The fraction of sp³-hybridized carbons (Fsp3) is 0.0556. The Balaban J connectivity index is 2.16. The second kappa shape index (κ2) is 8.75. The Kier molecular flexibility index (Phi) is 6.42. The van der Waals surface area contributed by atoms with Crippen molar-refractivity contribution in [2.24, 2.45) is 0 Å². The van der Waals surface area contributed by atoms with Crippen LogP contribution in [0, 0.1) is 22.7 Å². The highest BCUT2D eigenvalue weighted by atomic mass is 35.5. The number of ether oxygens (including phenoxy) is 1. The van der Waals surface area contributed by atoms with E-state index in [1.807, 2.05) is 12.1 Å². The molecule has 0 aromatic heterocycles. The standard InChI is InChI=1S/C18H11Cl2N3O2/c19-15-2-1-3-16(17(15)20)23-18(24)13(11-22)10-12-4-6-14(7-5-12)25-9-8-21/h1-7,10H,9H2,(H,23,24)/b13-10+. The van der Waals surface area contributed by atoms with Gasteiger partial charge in [-0.3, -0.25) is 4.79 Å². The topological polar surface area (TPSA) is 85.9 Å². The van der Waals surface area contributed by atoms with Gasteiger partial charge in [-0.25, -0.2) is 0 Å². The Morgan fingerprint density at radius 3 is 2.52 bits per heavy atom. The van der Waals surface area contributed by atoms with E-state index in [1.54, 1.807) is 42.5 Å². The predicted molar refractivity (Wildman–Crippen MR) is 96.2 cm³/mol. The van der Waals surface area contributed by atoms with E-state index in [4.69, 9.17) is 33.2 Å². The number of hydrogen-bond acceptors (Lipinski definition) is 4. The van der Waals surface area contributed by atoms with Crippen LogP contribution in [0.15, 0.2) is 48.0 Å². The van der Waals surface area contributed by atoms with Gasteiger partial charge in [-0.15, -0.1) is 0 Å². The summed E-state index contributed by atoms with van der Waals surface area (Å²) in [4.78, 5) is 12.3. The van der Waals surface area contributed by atoms with Crippen molar-refractivity contribution in [3.05, 3.63) is 63.6 Å². The van der Waals surface area contributed by atoms with Crippen LogP contribution in [0.25, 0.3) is 6.08 Å². The summed E-state index contributed by atoms with van der Waals surface area (Å²) in [7, 11) is 0. The predicted octanol–water partition coefficient (Wildman–Crippen LogP) is 4.44. The highest BCUT2D eigenvalue weighted by Gasteiger charge is 2.12. The minimum absolute atomic E-state index is 0.0541. The Labute approximate surface area is 154 Å². The van der Waals surface area contributed by atoms with E-state index in [0.29, 0.717) is 22.0 Å². The molecule has 0 atom stereocenters. The molecule has 2 rings (SSSR count). The number of halogens is 2. The number of amides is 1. The summed E-state index contributed by atoms with van der Waals surface area (Å²) in [6, 6.07) is 15.2. The first-order chi connectivity index (χ1) is 12.0. The number of benzene rings is 2. The monoisotopic (exact) mass is 371 g/mol. The maximum atomic E-state index is 12.3. The molecule has 0 saturated carbocycles. The lowest BCUT2D eigenvalue weighted by Crippen LogP contribution is -2.13. The number of nitrogens with zero attached hydrogens (tertiary/aromatic N) is 2. The third-order valence-corrected chi connectivity index (χ3v) is 3.88. The molecular weight excluding hydrogens is 361 g/mol. The van der Waals surface area contributed by atoms with Crippen LogP contribution in [0.2, 0.25) is 10.0 Å². The van der Waals surface area contributed by atoms with Crippen molar-refractivity contribution in [1.82, 2.24) is 0 Å². The van der Waals surface area contributed by atoms with E-state index >= 15 is 0 Å². The van der Waals surface area contributed by atoms with Gasteiger partial charge in [0.2, 0.25) is 0 Å². The number of nitriles is 2. The summed E-state index contributed by atoms with van der Waals surface area (Å²) in [5.74, 6) is -0.0798. The zero-order valence-corrected chi connectivity index (χ0v) is 14.3. The fourth-order valence-electron chi connectivity index (χ4n) is 1.88. The molecule has 1 amide bonds. The van der Waals surface area contributed by atoms with Crippen molar-refractivity contribution in [2.45, 2.75) is 0 Å². The quantitative estimate of drug-likeness (QED) is 0.621. The second-order valence-corrected chi connectivity index (χ2v) is 5.53. The number of nitrogens with one attached hydrogen (secondary N) is 1. The first kappa shape index (κ1) is 18.4. The lowest BCUT2D eigenvalue weighted by molar-refractivity contribution is -0.112. The van der Waals surface area contributed by atoms with Gasteiger partial charge in [0, 0.05) is 0 Å². The third kappa shape index (κ3) is 4.99. The van der Waals surface area contributed by atoms with Crippen molar-refractivity contribution < 1.29 is 9.53 Å². The largest absolute Gasteiger partial charge is 0.479 e. The van der Waals surface area contributed by atoms with E-state index in [0.717, 1.165) is 0 Å². The zero-order valence-electron chi connectivity index (χ0n) is 12.8. The van der Waals surface area contributed by atoms with E-state index in [9.17, 15) is 10.1 Å². The second-order valence-electron chi connectivity index (χ2n) is 4.74. The summed E-state index contributed by atoms with van der Waals surface area (Å²) in [6.45, 7) is -0.0541.